The second kappa shape index (κ2) is 6.49. The summed E-state index contributed by atoms with van der Waals surface area (Å²) >= 11 is 3.41. The third-order valence-corrected chi connectivity index (χ3v) is 4.94. The molecule has 1 aliphatic carbocycles. The Balaban J connectivity index is 2.21. The van der Waals surface area contributed by atoms with Crippen LogP contribution in [0.4, 0.5) is 11.5 Å². The zero-order valence-corrected chi connectivity index (χ0v) is 13.0. The lowest BCUT2D eigenvalue weighted by atomic mass is 9.84. The van der Waals surface area contributed by atoms with E-state index in [-0.39, 0.29) is 5.69 Å². The SMILES string of the molecule is Cc1c([N+](=O)[O-])cnc(NC2CCCCC2CN)c1Br. The molecule has 0 spiro atoms. The van der Waals surface area contributed by atoms with E-state index in [1.165, 1.54) is 19.0 Å². The molecule has 0 radical (unpaired) electrons. The molecule has 1 heterocycles. The predicted molar refractivity (Wildman–Crippen MR) is 81.8 cm³/mol. The third-order valence-electron chi connectivity index (χ3n) is 3.97. The quantitative estimate of drug-likeness (QED) is 0.647. The van der Waals surface area contributed by atoms with Gasteiger partial charge in [0.05, 0.1) is 9.40 Å². The summed E-state index contributed by atoms with van der Waals surface area (Å²) in [5.74, 6) is 1.10. The molecule has 1 aromatic rings. The van der Waals surface area contributed by atoms with Crippen molar-refractivity contribution in [2.24, 2.45) is 11.7 Å². The molecule has 7 heteroatoms. The fraction of sp³-hybridized carbons (Fsp3) is 0.615. The van der Waals surface area contributed by atoms with Gasteiger partial charge in [0.2, 0.25) is 0 Å². The highest BCUT2D eigenvalue weighted by Crippen LogP contribution is 2.33. The largest absolute Gasteiger partial charge is 0.366 e. The van der Waals surface area contributed by atoms with Crippen molar-refractivity contribution >= 4 is 27.4 Å². The van der Waals surface area contributed by atoms with E-state index in [2.05, 4.69) is 26.2 Å². The summed E-state index contributed by atoms with van der Waals surface area (Å²) < 4.78 is 0.660. The standard InChI is InChI=1S/C13H19BrN4O2/c1-8-11(18(19)20)7-16-13(12(8)14)17-10-5-3-2-4-9(10)6-15/h7,9-10H,2-6,15H2,1H3,(H,16,17). The van der Waals surface area contributed by atoms with Gasteiger partial charge in [-0.05, 0) is 48.2 Å². The molecule has 1 fully saturated rings. The minimum atomic E-state index is -0.416. The minimum Gasteiger partial charge on any atom is -0.366 e. The van der Waals surface area contributed by atoms with Gasteiger partial charge in [-0.25, -0.2) is 4.98 Å². The molecule has 0 amide bonds. The average molecular weight is 343 g/mol. The minimum absolute atomic E-state index is 0.0291. The molecule has 6 nitrogen and oxygen atoms in total. The Morgan fingerprint density at radius 1 is 1.55 bits per heavy atom. The lowest BCUT2D eigenvalue weighted by Crippen LogP contribution is -2.37. The van der Waals surface area contributed by atoms with Crippen LogP contribution >= 0.6 is 15.9 Å². The molecule has 0 aliphatic heterocycles. The van der Waals surface area contributed by atoms with E-state index in [0.29, 0.717) is 34.4 Å². The van der Waals surface area contributed by atoms with E-state index >= 15 is 0 Å². The van der Waals surface area contributed by atoms with Crippen LogP contribution in [0.2, 0.25) is 0 Å². The summed E-state index contributed by atoms with van der Waals surface area (Å²) in [5.41, 5.74) is 6.44. The van der Waals surface area contributed by atoms with Crippen molar-refractivity contribution in [2.45, 2.75) is 38.6 Å². The monoisotopic (exact) mass is 342 g/mol. The molecule has 2 unspecified atom stereocenters. The molecular formula is C13H19BrN4O2. The molecular weight excluding hydrogens is 324 g/mol. The van der Waals surface area contributed by atoms with Crippen LogP contribution in [0.5, 0.6) is 0 Å². The fourth-order valence-electron chi connectivity index (χ4n) is 2.71. The normalized spacial score (nSPS) is 22.6. The first-order valence-electron chi connectivity index (χ1n) is 6.80. The number of anilines is 1. The van der Waals surface area contributed by atoms with E-state index in [1.807, 2.05) is 0 Å². The topological polar surface area (TPSA) is 94.1 Å². The molecule has 110 valence electrons. The van der Waals surface area contributed by atoms with Crippen LogP contribution in [0.25, 0.3) is 0 Å². The molecule has 1 saturated carbocycles. The van der Waals surface area contributed by atoms with Gasteiger partial charge in [0, 0.05) is 11.6 Å². The van der Waals surface area contributed by atoms with Crippen molar-refractivity contribution in [3.63, 3.8) is 0 Å². The van der Waals surface area contributed by atoms with Crippen LogP contribution in [0.15, 0.2) is 10.7 Å². The number of hydrogen-bond donors (Lipinski definition) is 2. The van der Waals surface area contributed by atoms with Gasteiger partial charge in [-0.15, -0.1) is 0 Å². The number of hydrogen-bond acceptors (Lipinski definition) is 5. The summed E-state index contributed by atoms with van der Waals surface area (Å²) in [6.45, 7) is 2.37. The molecule has 0 aromatic carbocycles. The number of pyridine rings is 1. The van der Waals surface area contributed by atoms with E-state index in [9.17, 15) is 10.1 Å². The van der Waals surface area contributed by atoms with Gasteiger partial charge in [0.1, 0.15) is 12.0 Å². The molecule has 3 N–H and O–H groups in total. The van der Waals surface area contributed by atoms with Crippen molar-refractivity contribution in [1.29, 1.82) is 0 Å². The lowest BCUT2D eigenvalue weighted by molar-refractivity contribution is -0.385. The molecule has 1 aromatic heterocycles. The van der Waals surface area contributed by atoms with Crippen LogP contribution in [0, 0.1) is 23.0 Å². The second-order valence-electron chi connectivity index (χ2n) is 5.22. The highest BCUT2D eigenvalue weighted by Gasteiger charge is 2.26. The maximum Gasteiger partial charge on any atom is 0.291 e. The highest BCUT2D eigenvalue weighted by molar-refractivity contribution is 9.10. The fourth-order valence-corrected chi connectivity index (χ4v) is 3.13. The van der Waals surface area contributed by atoms with E-state index in [0.717, 1.165) is 12.8 Å². The maximum atomic E-state index is 10.9. The van der Waals surface area contributed by atoms with Gasteiger partial charge in [-0.3, -0.25) is 10.1 Å². The third kappa shape index (κ3) is 3.09. The first-order chi connectivity index (χ1) is 9.54. The second-order valence-corrected chi connectivity index (χ2v) is 6.01. The lowest BCUT2D eigenvalue weighted by Gasteiger charge is -2.32. The summed E-state index contributed by atoms with van der Waals surface area (Å²) in [6.07, 6.45) is 5.89. The highest BCUT2D eigenvalue weighted by atomic mass is 79.9. The van der Waals surface area contributed by atoms with E-state index < -0.39 is 4.92 Å². The molecule has 2 atom stereocenters. The Bertz CT molecular complexity index is 509. The van der Waals surface area contributed by atoms with Gasteiger partial charge >= 0.3 is 0 Å². The van der Waals surface area contributed by atoms with Crippen LogP contribution in [0.1, 0.15) is 31.2 Å². The zero-order chi connectivity index (χ0) is 14.7. The molecule has 0 saturated heterocycles. The molecule has 2 rings (SSSR count). The van der Waals surface area contributed by atoms with E-state index in [1.54, 1.807) is 6.92 Å². The van der Waals surface area contributed by atoms with Gasteiger partial charge in [-0.2, -0.15) is 0 Å². The number of aromatic nitrogens is 1. The van der Waals surface area contributed by atoms with Crippen LogP contribution in [-0.4, -0.2) is 22.5 Å². The number of halogens is 1. The van der Waals surface area contributed by atoms with Crippen molar-refractivity contribution in [3.8, 4) is 0 Å². The number of nitrogens with two attached hydrogens (primary N) is 1. The molecule has 1 aliphatic rings. The van der Waals surface area contributed by atoms with Gasteiger partial charge in [0.15, 0.2) is 0 Å². The molecule has 20 heavy (non-hydrogen) atoms. The summed E-state index contributed by atoms with van der Waals surface area (Å²) in [6, 6.07) is 0.290. The Hall–Kier alpha value is -1.21. The van der Waals surface area contributed by atoms with Crippen molar-refractivity contribution in [3.05, 3.63) is 26.3 Å². The number of nitrogens with one attached hydrogen (secondary N) is 1. The summed E-state index contributed by atoms with van der Waals surface area (Å²) in [7, 11) is 0. The Labute approximate surface area is 126 Å². The van der Waals surface area contributed by atoms with Gasteiger partial charge in [0.25, 0.3) is 5.69 Å². The van der Waals surface area contributed by atoms with E-state index in [4.69, 9.17) is 5.73 Å². The number of nitrogens with zero attached hydrogens (tertiary/aromatic N) is 2. The first kappa shape index (κ1) is 15.2. The van der Waals surface area contributed by atoms with Gasteiger partial charge < -0.3 is 11.1 Å². The Morgan fingerprint density at radius 2 is 2.25 bits per heavy atom. The number of nitro groups is 1. The average Bonchev–Trinajstić information content (AvgIpc) is 2.44. The van der Waals surface area contributed by atoms with Crippen molar-refractivity contribution < 1.29 is 4.92 Å². The maximum absolute atomic E-state index is 10.9. The Morgan fingerprint density at radius 3 is 2.90 bits per heavy atom. The van der Waals surface area contributed by atoms with Crippen LogP contribution < -0.4 is 11.1 Å². The van der Waals surface area contributed by atoms with Crippen molar-refractivity contribution in [2.75, 3.05) is 11.9 Å². The van der Waals surface area contributed by atoms with Crippen LogP contribution in [0.3, 0.4) is 0 Å². The summed E-state index contributed by atoms with van der Waals surface area (Å²) in [4.78, 5) is 14.6. The Kier molecular flexibility index (Phi) is 4.93. The number of rotatable bonds is 4. The first-order valence-corrected chi connectivity index (χ1v) is 7.60. The van der Waals surface area contributed by atoms with Gasteiger partial charge in [-0.1, -0.05) is 12.8 Å². The predicted octanol–water partition coefficient (Wildman–Crippen LogP) is 2.99. The smallest absolute Gasteiger partial charge is 0.291 e. The summed E-state index contributed by atoms with van der Waals surface area (Å²) in [5, 5.41) is 14.3. The van der Waals surface area contributed by atoms with Crippen LogP contribution in [-0.2, 0) is 0 Å². The van der Waals surface area contributed by atoms with Crippen molar-refractivity contribution in [1.82, 2.24) is 4.98 Å². The zero-order valence-electron chi connectivity index (χ0n) is 11.4. The molecule has 0 bridgehead atoms.